The average molecular weight is 276 g/mol. The molecule has 2 N–H and O–H groups in total. The van der Waals surface area contributed by atoms with E-state index < -0.39 is 5.82 Å². The number of fused-ring (bicyclic) bond motifs is 1. The van der Waals surface area contributed by atoms with Crippen molar-refractivity contribution in [1.29, 1.82) is 0 Å². The zero-order chi connectivity index (χ0) is 13.2. The Balaban J connectivity index is 1.82. The molecule has 2 aromatic carbocycles. The lowest BCUT2D eigenvalue weighted by Crippen LogP contribution is -2.00. The van der Waals surface area contributed by atoms with Gasteiger partial charge in [-0.15, -0.1) is 0 Å². The van der Waals surface area contributed by atoms with E-state index in [0.717, 1.165) is 22.2 Å². The maximum Gasteiger partial charge on any atom is 0.142 e. The summed E-state index contributed by atoms with van der Waals surface area (Å²) >= 11 is 5.65. The highest BCUT2D eigenvalue weighted by molar-refractivity contribution is 6.30. The lowest BCUT2D eigenvalue weighted by molar-refractivity contribution is 0.626. The molecule has 5 heteroatoms. The van der Waals surface area contributed by atoms with E-state index in [-0.39, 0.29) is 5.02 Å². The van der Waals surface area contributed by atoms with E-state index >= 15 is 0 Å². The number of aromatic amines is 1. The van der Waals surface area contributed by atoms with Crippen LogP contribution in [0.1, 0.15) is 5.56 Å². The molecule has 0 radical (unpaired) electrons. The van der Waals surface area contributed by atoms with Crippen LogP contribution in [-0.2, 0) is 6.54 Å². The van der Waals surface area contributed by atoms with Crippen LogP contribution in [0, 0.1) is 5.82 Å². The summed E-state index contributed by atoms with van der Waals surface area (Å²) in [6.45, 7) is 0.520. The minimum atomic E-state index is -0.402. The maximum atomic E-state index is 13.3. The molecule has 0 saturated carbocycles. The maximum absolute atomic E-state index is 13.3. The first kappa shape index (κ1) is 12.0. The van der Waals surface area contributed by atoms with Crippen LogP contribution >= 0.6 is 11.6 Å². The van der Waals surface area contributed by atoms with Gasteiger partial charge in [-0.2, -0.15) is 5.10 Å². The summed E-state index contributed by atoms with van der Waals surface area (Å²) in [7, 11) is 0. The van der Waals surface area contributed by atoms with E-state index in [1.807, 2.05) is 18.2 Å². The Morgan fingerprint density at radius 1 is 1.26 bits per heavy atom. The highest BCUT2D eigenvalue weighted by Crippen LogP contribution is 2.22. The first-order chi connectivity index (χ1) is 9.24. The Morgan fingerprint density at radius 3 is 3.00 bits per heavy atom. The number of hydrogen-bond donors (Lipinski definition) is 2. The third kappa shape index (κ3) is 2.39. The van der Waals surface area contributed by atoms with Crippen LogP contribution in [0.3, 0.4) is 0 Å². The largest absolute Gasteiger partial charge is 0.379 e. The van der Waals surface area contributed by atoms with Crippen molar-refractivity contribution < 1.29 is 4.39 Å². The van der Waals surface area contributed by atoms with Gasteiger partial charge in [0.25, 0.3) is 0 Å². The average Bonchev–Trinajstić information content (AvgIpc) is 2.89. The highest BCUT2D eigenvalue weighted by Gasteiger charge is 2.04. The van der Waals surface area contributed by atoms with Crippen molar-refractivity contribution in [2.24, 2.45) is 0 Å². The molecule has 0 bridgehead atoms. The van der Waals surface area contributed by atoms with Gasteiger partial charge in [-0.25, -0.2) is 4.39 Å². The van der Waals surface area contributed by atoms with Gasteiger partial charge in [0.15, 0.2) is 0 Å². The van der Waals surface area contributed by atoms with Gasteiger partial charge >= 0.3 is 0 Å². The summed E-state index contributed by atoms with van der Waals surface area (Å²) in [5.74, 6) is -0.402. The van der Waals surface area contributed by atoms with Crippen molar-refractivity contribution in [2.45, 2.75) is 6.54 Å². The summed E-state index contributed by atoms with van der Waals surface area (Å²) in [4.78, 5) is 0. The van der Waals surface area contributed by atoms with Gasteiger partial charge in [-0.05, 0) is 23.8 Å². The number of benzene rings is 2. The molecule has 0 unspecified atom stereocenters. The molecular weight excluding hydrogens is 265 g/mol. The quantitative estimate of drug-likeness (QED) is 0.759. The van der Waals surface area contributed by atoms with Gasteiger partial charge < -0.3 is 5.32 Å². The SMILES string of the molecule is Fc1cc(CNc2cccc3cn[nH]c23)ccc1Cl. The first-order valence-corrected chi connectivity index (χ1v) is 6.22. The van der Waals surface area contributed by atoms with Gasteiger partial charge in [0.1, 0.15) is 5.82 Å². The molecule has 1 aromatic heterocycles. The summed E-state index contributed by atoms with van der Waals surface area (Å²) in [6, 6.07) is 10.7. The molecular formula is C14H11ClFN3. The zero-order valence-corrected chi connectivity index (χ0v) is 10.7. The summed E-state index contributed by atoms with van der Waals surface area (Å²) in [5, 5.41) is 11.4. The molecule has 3 aromatic rings. The fraction of sp³-hybridized carbons (Fsp3) is 0.0714. The van der Waals surface area contributed by atoms with Gasteiger partial charge in [0.2, 0.25) is 0 Å². The van der Waals surface area contributed by atoms with Crippen molar-refractivity contribution in [3.8, 4) is 0 Å². The molecule has 0 aliphatic rings. The number of anilines is 1. The van der Waals surface area contributed by atoms with Crippen LogP contribution < -0.4 is 5.32 Å². The van der Waals surface area contributed by atoms with E-state index in [4.69, 9.17) is 11.6 Å². The van der Waals surface area contributed by atoms with Crippen LogP contribution in [0.25, 0.3) is 10.9 Å². The van der Waals surface area contributed by atoms with Crippen LogP contribution in [-0.4, -0.2) is 10.2 Å². The number of hydrogen-bond acceptors (Lipinski definition) is 2. The van der Waals surface area contributed by atoms with Gasteiger partial charge in [0.05, 0.1) is 22.4 Å². The van der Waals surface area contributed by atoms with Gasteiger partial charge in [-0.3, -0.25) is 5.10 Å². The highest BCUT2D eigenvalue weighted by atomic mass is 35.5. The number of aromatic nitrogens is 2. The van der Waals surface area contributed by atoms with Crippen LogP contribution in [0.4, 0.5) is 10.1 Å². The normalized spacial score (nSPS) is 10.8. The number of halogens is 2. The van der Waals surface area contributed by atoms with Crippen molar-refractivity contribution in [1.82, 2.24) is 10.2 Å². The van der Waals surface area contributed by atoms with E-state index in [1.165, 1.54) is 6.07 Å². The summed E-state index contributed by atoms with van der Waals surface area (Å²) < 4.78 is 13.3. The van der Waals surface area contributed by atoms with Gasteiger partial charge in [0, 0.05) is 11.9 Å². The van der Waals surface area contributed by atoms with Gasteiger partial charge in [-0.1, -0.05) is 29.8 Å². The monoisotopic (exact) mass is 275 g/mol. The standard InChI is InChI=1S/C14H11ClFN3/c15-11-5-4-9(6-12(11)16)7-17-13-3-1-2-10-8-18-19-14(10)13/h1-6,8,17H,7H2,(H,18,19). The Bertz CT molecular complexity index is 724. The Labute approximate surface area is 114 Å². The van der Waals surface area contributed by atoms with Crippen molar-refractivity contribution in [2.75, 3.05) is 5.32 Å². The number of nitrogens with zero attached hydrogens (tertiary/aromatic N) is 1. The lowest BCUT2D eigenvalue weighted by Gasteiger charge is -2.08. The smallest absolute Gasteiger partial charge is 0.142 e. The molecule has 0 saturated heterocycles. The van der Waals surface area contributed by atoms with Crippen LogP contribution in [0.15, 0.2) is 42.6 Å². The second kappa shape index (κ2) is 4.90. The molecule has 0 fully saturated rings. The summed E-state index contributed by atoms with van der Waals surface area (Å²) in [5.41, 5.74) is 2.71. The second-order valence-electron chi connectivity index (χ2n) is 4.24. The lowest BCUT2D eigenvalue weighted by atomic mass is 10.2. The number of rotatable bonds is 3. The van der Waals surface area contributed by atoms with E-state index in [0.29, 0.717) is 6.54 Å². The molecule has 0 aliphatic carbocycles. The molecule has 1 heterocycles. The van der Waals surface area contributed by atoms with Crippen molar-refractivity contribution in [3.63, 3.8) is 0 Å². The van der Waals surface area contributed by atoms with Crippen molar-refractivity contribution in [3.05, 3.63) is 59.0 Å². The van der Waals surface area contributed by atoms with E-state index in [1.54, 1.807) is 18.3 Å². The molecule has 0 atom stereocenters. The Morgan fingerprint density at radius 2 is 2.16 bits per heavy atom. The van der Waals surface area contributed by atoms with Crippen LogP contribution in [0.5, 0.6) is 0 Å². The molecule has 0 aliphatic heterocycles. The number of para-hydroxylation sites is 1. The number of H-pyrrole nitrogens is 1. The third-order valence-electron chi connectivity index (χ3n) is 2.94. The molecule has 3 rings (SSSR count). The summed E-state index contributed by atoms with van der Waals surface area (Å²) in [6.07, 6.45) is 1.77. The predicted octanol–water partition coefficient (Wildman–Crippen LogP) is 3.97. The molecule has 19 heavy (non-hydrogen) atoms. The molecule has 3 nitrogen and oxygen atoms in total. The second-order valence-corrected chi connectivity index (χ2v) is 4.65. The van der Waals surface area contributed by atoms with Crippen molar-refractivity contribution >= 4 is 28.2 Å². The fourth-order valence-corrected chi connectivity index (χ4v) is 2.08. The third-order valence-corrected chi connectivity index (χ3v) is 3.25. The topological polar surface area (TPSA) is 40.7 Å². The minimum absolute atomic E-state index is 0.138. The molecule has 0 spiro atoms. The van der Waals surface area contributed by atoms with E-state index in [2.05, 4.69) is 15.5 Å². The Hall–Kier alpha value is -2.07. The molecule has 0 amide bonds. The minimum Gasteiger partial charge on any atom is -0.379 e. The van der Waals surface area contributed by atoms with E-state index in [9.17, 15) is 4.39 Å². The molecule has 96 valence electrons. The fourth-order valence-electron chi connectivity index (χ4n) is 1.96. The van der Waals surface area contributed by atoms with Crippen LogP contribution in [0.2, 0.25) is 5.02 Å². The predicted molar refractivity (Wildman–Crippen MR) is 74.8 cm³/mol. The zero-order valence-electron chi connectivity index (χ0n) is 9.95. The Kier molecular flexibility index (Phi) is 3.09. The number of nitrogens with one attached hydrogen (secondary N) is 2. The first-order valence-electron chi connectivity index (χ1n) is 5.84.